The number of aryl methyl sites for hydroxylation is 1. The number of halogens is 1. The zero-order chi connectivity index (χ0) is 22.7. The number of hydrazone groups is 1. The molecule has 0 amide bonds. The van der Waals surface area contributed by atoms with Crippen LogP contribution in [0.25, 0.3) is 0 Å². The van der Waals surface area contributed by atoms with Gasteiger partial charge in [-0.2, -0.15) is 5.10 Å². The number of rotatable bonds is 6. The van der Waals surface area contributed by atoms with Crippen LogP contribution in [0.4, 0.5) is 17.1 Å². The van der Waals surface area contributed by atoms with E-state index in [0.717, 1.165) is 36.6 Å². The Kier molecular flexibility index (Phi) is 6.11. The van der Waals surface area contributed by atoms with E-state index in [-0.39, 0.29) is 10.6 Å². The van der Waals surface area contributed by atoms with E-state index in [4.69, 9.17) is 11.6 Å². The van der Waals surface area contributed by atoms with Gasteiger partial charge in [0.2, 0.25) is 0 Å². The minimum Gasteiger partial charge on any atom is -0.280 e. The molecule has 0 fully saturated rings. The van der Waals surface area contributed by atoms with Gasteiger partial charge in [-0.25, -0.2) is 8.42 Å². The first-order valence-corrected chi connectivity index (χ1v) is 11.7. The van der Waals surface area contributed by atoms with E-state index >= 15 is 0 Å². The van der Waals surface area contributed by atoms with Crippen LogP contribution in [-0.4, -0.2) is 19.1 Å². The number of anilines is 2. The van der Waals surface area contributed by atoms with E-state index in [2.05, 4.69) is 15.2 Å². The maximum atomic E-state index is 12.7. The number of nitro benzene ring substituents is 1. The number of hydrogen-bond donors (Lipinski definition) is 2. The average molecular weight is 471 g/mol. The molecule has 32 heavy (non-hydrogen) atoms. The average Bonchev–Trinajstić information content (AvgIpc) is 2.79. The molecular weight excluding hydrogens is 452 g/mol. The van der Waals surface area contributed by atoms with Crippen LogP contribution in [0.15, 0.2) is 76.7 Å². The van der Waals surface area contributed by atoms with Crippen molar-refractivity contribution in [3.63, 3.8) is 0 Å². The fraction of sp³-hybridized carbons (Fsp3) is 0.136. The SMILES string of the molecule is O=[N+]([O-])c1cc(S(=O)(=O)Nc2ccc(Cl)cc2)ccc1NN=C1CCCc2ccccc21. The Hall–Kier alpha value is -3.43. The molecule has 0 saturated heterocycles. The van der Waals surface area contributed by atoms with Crippen LogP contribution in [-0.2, 0) is 16.4 Å². The summed E-state index contributed by atoms with van der Waals surface area (Å²) in [5.41, 5.74) is 5.77. The second-order valence-corrected chi connectivity index (χ2v) is 9.35. The molecule has 0 spiro atoms. The summed E-state index contributed by atoms with van der Waals surface area (Å²) in [5.74, 6) is 0. The molecule has 0 unspecified atom stereocenters. The van der Waals surface area contributed by atoms with Gasteiger partial charge in [0.1, 0.15) is 5.69 Å². The first-order valence-electron chi connectivity index (χ1n) is 9.81. The molecule has 0 bridgehead atoms. The van der Waals surface area contributed by atoms with E-state index in [1.807, 2.05) is 24.3 Å². The molecule has 10 heteroatoms. The second-order valence-electron chi connectivity index (χ2n) is 7.23. The number of nitrogens with one attached hydrogen (secondary N) is 2. The van der Waals surface area contributed by atoms with E-state index in [9.17, 15) is 18.5 Å². The van der Waals surface area contributed by atoms with Gasteiger partial charge >= 0.3 is 0 Å². The number of benzene rings is 3. The molecule has 0 aromatic heterocycles. The molecule has 1 aliphatic carbocycles. The molecule has 8 nitrogen and oxygen atoms in total. The van der Waals surface area contributed by atoms with Crippen LogP contribution < -0.4 is 10.1 Å². The Labute approximate surface area is 190 Å². The first-order chi connectivity index (χ1) is 15.3. The van der Waals surface area contributed by atoms with Crippen molar-refractivity contribution in [2.75, 3.05) is 10.1 Å². The Balaban J connectivity index is 1.61. The highest BCUT2D eigenvalue weighted by atomic mass is 35.5. The zero-order valence-electron chi connectivity index (χ0n) is 16.8. The highest BCUT2D eigenvalue weighted by molar-refractivity contribution is 7.92. The molecule has 2 N–H and O–H groups in total. The van der Waals surface area contributed by atoms with Crippen LogP contribution in [0.3, 0.4) is 0 Å². The molecule has 0 aliphatic heterocycles. The molecule has 0 heterocycles. The largest absolute Gasteiger partial charge is 0.295 e. The van der Waals surface area contributed by atoms with Gasteiger partial charge in [-0.05, 0) is 61.2 Å². The molecule has 164 valence electrons. The molecule has 3 aromatic rings. The van der Waals surface area contributed by atoms with Crippen molar-refractivity contribution >= 4 is 44.4 Å². The summed E-state index contributed by atoms with van der Waals surface area (Å²) in [6, 6.07) is 17.6. The Morgan fingerprint density at radius 2 is 1.75 bits per heavy atom. The molecule has 0 radical (unpaired) electrons. The number of nitrogens with zero attached hydrogens (tertiary/aromatic N) is 2. The maximum Gasteiger partial charge on any atom is 0.295 e. The lowest BCUT2D eigenvalue weighted by molar-refractivity contribution is -0.384. The van der Waals surface area contributed by atoms with Crippen LogP contribution in [0, 0.1) is 10.1 Å². The van der Waals surface area contributed by atoms with Crippen molar-refractivity contribution < 1.29 is 13.3 Å². The number of nitro groups is 1. The topological polar surface area (TPSA) is 114 Å². The third kappa shape index (κ3) is 4.74. The van der Waals surface area contributed by atoms with Gasteiger partial charge in [-0.15, -0.1) is 0 Å². The minimum atomic E-state index is -4.04. The zero-order valence-corrected chi connectivity index (χ0v) is 18.4. The van der Waals surface area contributed by atoms with Crippen molar-refractivity contribution in [1.29, 1.82) is 0 Å². The molecule has 0 atom stereocenters. The molecule has 3 aromatic carbocycles. The van der Waals surface area contributed by atoms with Crippen LogP contribution in [0.1, 0.15) is 24.0 Å². The van der Waals surface area contributed by atoms with E-state index in [1.54, 1.807) is 0 Å². The predicted molar refractivity (Wildman–Crippen MR) is 125 cm³/mol. The molecule has 4 rings (SSSR count). The summed E-state index contributed by atoms with van der Waals surface area (Å²) >= 11 is 5.82. The highest BCUT2D eigenvalue weighted by Gasteiger charge is 2.22. The van der Waals surface area contributed by atoms with Gasteiger partial charge in [0.25, 0.3) is 15.7 Å². The van der Waals surface area contributed by atoms with Gasteiger partial charge in [-0.1, -0.05) is 35.9 Å². The summed E-state index contributed by atoms with van der Waals surface area (Å²) < 4.78 is 27.8. The van der Waals surface area contributed by atoms with Gasteiger partial charge in [0.15, 0.2) is 0 Å². The fourth-order valence-electron chi connectivity index (χ4n) is 3.50. The smallest absolute Gasteiger partial charge is 0.280 e. The van der Waals surface area contributed by atoms with Gasteiger partial charge < -0.3 is 0 Å². The van der Waals surface area contributed by atoms with Crippen LogP contribution in [0.2, 0.25) is 5.02 Å². The summed E-state index contributed by atoms with van der Waals surface area (Å²) in [7, 11) is -4.04. The maximum absolute atomic E-state index is 12.7. The quantitative estimate of drug-likeness (QED) is 0.379. The van der Waals surface area contributed by atoms with Crippen molar-refractivity contribution in [3.8, 4) is 0 Å². The third-order valence-electron chi connectivity index (χ3n) is 5.07. The summed E-state index contributed by atoms with van der Waals surface area (Å²) in [4.78, 5) is 10.8. The molecule has 1 aliphatic rings. The number of hydrogen-bond acceptors (Lipinski definition) is 6. The van der Waals surface area contributed by atoms with Crippen molar-refractivity contribution in [2.24, 2.45) is 5.10 Å². The van der Waals surface area contributed by atoms with E-state index in [0.29, 0.717) is 10.7 Å². The lowest BCUT2D eigenvalue weighted by Gasteiger charge is -2.17. The van der Waals surface area contributed by atoms with Crippen LogP contribution in [0.5, 0.6) is 0 Å². The van der Waals surface area contributed by atoms with Crippen LogP contribution >= 0.6 is 11.6 Å². The third-order valence-corrected chi connectivity index (χ3v) is 6.70. The van der Waals surface area contributed by atoms with E-state index < -0.39 is 20.6 Å². The van der Waals surface area contributed by atoms with Crippen molar-refractivity contribution in [2.45, 2.75) is 24.2 Å². The Morgan fingerprint density at radius 3 is 2.50 bits per heavy atom. The second kappa shape index (κ2) is 8.97. The Morgan fingerprint density at radius 1 is 1.00 bits per heavy atom. The lowest BCUT2D eigenvalue weighted by atomic mass is 9.90. The fourth-order valence-corrected chi connectivity index (χ4v) is 4.71. The predicted octanol–water partition coefficient (Wildman–Crippen LogP) is 5.20. The van der Waals surface area contributed by atoms with Gasteiger partial charge in [0, 0.05) is 22.3 Å². The van der Waals surface area contributed by atoms with E-state index in [1.165, 1.54) is 42.0 Å². The highest BCUT2D eigenvalue weighted by Crippen LogP contribution is 2.29. The first kappa shape index (κ1) is 21.8. The molecular formula is C22H19ClN4O4S. The van der Waals surface area contributed by atoms with Crippen molar-refractivity contribution in [3.05, 3.63) is 93.0 Å². The normalized spacial score (nSPS) is 14.6. The molecule has 0 saturated carbocycles. The standard InChI is InChI=1S/C22H19ClN4O4S/c23-16-8-10-17(11-9-16)26-32(30,31)18-12-13-21(22(14-18)27(28)29)25-24-20-7-3-5-15-4-1-2-6-19(15)20/h1-2,4,6,8-14,25-26H,3,5,7H2. The summed E-state index contributed by atoms with van der Waals surface area (Å²) in [6.07, 6.45) is 2.64. The lowest BCUT2D eigenvalue weighted by Crippen LogP contribution is -2.14. The summed E-state index contributed by atoms with van der Waals surface area (Å²) in [6.45, 7) is 0. The summed E-state index contributed by atoms with van der Waals surface area (Å²) in [5, 5.41) is 16.5. The number of fused-ring (bicyclic) bond motifs is 1. The monoisotopic (exact) mass is 470 g/mol. The number of sulfonamides is 1. The van der Waals surface area contributed by atoms with Crippen molar-refractivity contribution in [1.82, 2.24) is 0 Å². The Bertz CT molecular complexity index is 1310. The minimum absolute atomic E-state index is 0.107. The van der Waals surface area contributed by atoms with Gasteiger partial charge in [0.05, 0.1) is 15.5 Å². The van der Waals surface area contributed by atoms with Gasteiger partial charge in [-0.3, -0.25) is 20.3 Å².